The molecule has 4 atom stereocenters. The van der Waals surface area contributed by atoms with Crippen molar-refractivity contribution in [3.8, 4) is 28.7 Å². The Kier molecular flexibility index (Phi) is 14.7. The largest absolute Gasteiger partial charge is 0.508 e. The van der Waals surface area contributed by atoms with Gasteiger partial charge in [-0.15, -0.1) is 0 Å². The van der Waals surface area contributed by atoms with Crippen molar-refractivity contribution >= 4 is 52.0 Å². The Morgan fingerprint density at radius 2 is 1.00 bits per heavy atom. The predicted molar refractivity (Wildman–Crippen MR) is 297 cm³/mol. The van der Waals surface area contributed by atoms with E-state index in [-0.39, 0.29) is 110 Å². The van der Waals surface area contributed by atoms with Crippen LogP contribution in [0.15, 0.2) is 67.8 Å². The number of rotatable bonds is 16. The number of anilines is 2. The van der Waals surface area contributed by atoms with Gasteiger partial charge in [-0.05, 0) is 127 Å². The van der Waals surface area contributed by atoms with Gasteiger partial charge in [-0.3, -0.25) is 9.59 Å². The van der Waals surface area contributed by atoms with Gasteiger partial charge in [-0.1, -0.05) is 66.9 Å². The Balaban J connectivity index is 1.03. The zero-order valence-electron chi connectivity index (χ0n) is 47.0. The Morgan fingerprint density at radius 1 is 0.623 bits per heavy atom. The molecule has 0 aromatic heterocycles. The fraction of sp³-hybridized carbons (Fsp3) is 0.552. The lowest BCUT2D eigenvalue weighted by molar-refractivity contribution is 0.0527. The number of phenolic OH excluding ortho intramolecular Hbond substituents is 1. The number of ether oxygens (including phenoxy) is 6. The number of carbonyl (C=O) groups excluding carboxylic acids is 4. The summed E-state index contributed by atoms with van der Waals surface area (Å²) in [5, 5.41) is 10.7. The van der Waals surface area contributed by atoms with Crippen molar-refractivity contribution in [3.63, 3.8) is 0 Å². The molecule has 1 unspecified atom stereocenters. The van der Waals surface area contributed by atoms with E-state index in [4.69, 9.17) is 37.3 Å². The molecule has 17 nitrogen and oxygen atoms in total. The highest BCUT2D eigenvalue weighted by Gasteiger charge is 2.61. The topological polar surface area (TPSA) is 175 Å². The van der Waals surface area contributed by atoms with Gasteiger partial charge in [0.25, 0.3) is 11.8 Å². The third kappa shape index (κ3) is 10.7. The molecule has 19 heteroatoms. The van der Waals surface area contributed by atoms with Gasteiger partial charge in [0.05, 0.1) is 48.8 Å². The third-order valence-corrected chi connectivity index (χ3v) is 26.4. The van der Waals surface area contributed by atoms with Crippen LogP contribution >= 0.6 is 0 Å². The molecule has 9 rings (SSSR count). The van der Waals surface area contributed by atoms with E-state index in [1.165, 1.54) is 36.2 Å². The summed E-state index contributed by atoms with van der Waals surface area (Å²) >= 11 is 0. The molecule has 4 heterocycles. The summed E-state index contributed by atoms with van der Waals surface area (Å²) in [7, 11) is -2.21. The fourth-order valence-electron chi connectivity index (χ4n) is 10.8. The van der Waals surface area contributed by atoms with E-state index in [0.29, 0.717) is 37.1 Å². The lowest BCUT2D eigenvalue weighted by atomic mass is 10.0. The van der Waals surface area contributed by atoms with Gasteiger partial charge in [-0.2, -0.15) is 0 Å². The van der Waals surface area contributed by atoms with Crippen LogP contribution in [0.2, 0.25) is 36.3 Å². The minimum Gasteiger partial charge on any atom is -0.508 e. The molecule has 4 aliphatic heterocycles. The first-order chi connectivity index (χ1) is 36.2. The molecule has 1 N–H and O–H groups in total. The molecule has 2 aliphatic carbocycles. The summed E-state index contributed by atoms with van der Waals surface area (Å²) in [4.78, 5) is 65.3. The number of benzene rings is 3. The Labute approximate surface area is 455 Å². The number of hydrogen-bond donors (Lipinski definition) is 1. The first-order valence-corrected chi connectivity index (χ1v) is 32.6. The average Bonchev–Trinajstić information content (AvgIpc) is 4.29. The number of carbonyl (C=O) groups is 4. The third-order valence-electron chi connectivity index (χ3n) is 17.6. The molecule has 2 saturated carbocycles. The molecule has 4 amide bonds. The maximum atomic E-state index is 14.8. The van der Waals surface area contributed by atoms with Crippen LogP contribution in [-0.4, -0.2) is 121 Å². The summed E-state index contributed by atoms with van der Waals surface area (Å²) in [5.41, 5.74) is 2.13. The molecule has 3 aromatic carbocycles. The normalized spacial score (nSPS) is 22.1. The molecular formula is C58H78N4O13Si2. The van der Waals surface area contributed by atoms with Crippen molar-refractivity contribution < 1.29 is 61.6 Å². The van der Waals surface area contributed by atoms with Crippen LogP contribution in [0.5, 0.6) is 28.7 Å². The second-order valence-electron chi connectivity index (χ2n) is 25.0. The van der Waals surface area contributed by atoms with Crippen molar-refractivity contribution in [2.75, 3.05) is 50.3 Å². The van der Waals surface area contributed by atoms with Gasteiger partial charge < -0.3 is 52.2 Å². The van der Waals surface area contributed by atoms with Crippen LogP contribution in [0.1, 0.15) is 112 Å². The van der Waals surface area contributed by atoms with Gasteiger partial charge in [0, 0.05) is 25.2 Å². The average molecular weight is 1100 g/mol. The number of methoxy groups -OCH3 is 2. The molecule has 77 heavy (non-hydrogen) atoms. The quantitative estimate of drug-likeness (QED) is 0.106. The molecule has 4 fully saturated rings. The summed E-state index contributed by atoms with van der Waals surface area (Å²) < 4.78 is 50.7. The van der Waals surface area contributed by atoms with Crippen LogP contribution in [0, 0.1) is 10.8 Å². The lowest BCUT2D eigenvalue weighted by Gasteiger charge is -2.44. The summed E-state index contributed by atoms with van der Waals surface area (Å²) in [6.45, 7) is 29.7. The molecule has 6 aliphatic rings. The molecule has 0 bridgehead atoms. The predicted octanol–water partition coefficient (Wildman–Crippen LogP) is 11.5. The van der Waals surface area contributed by atoms with E-state index >= 15 is 0 Å². The van der Waals surface area contributed by atoms with E-state index in [1.807, 2.05) is 15.9 Å². The van der Waals surface area contributed by atoms with E-state index in [0.717, 1.165) is 25.7 Å². The van der Waals surface area contributed by atoms with E-state index in [1.54, 1.807) is 36.4 Å². The van der Waals surface area contributed by atoms with Crippen molar-refractivity contribution in [1.29, 1.82) is 0 Å². The van der Waals surface area contributed by atoms with Gasteiger partial charge in [0.1, 0.15) is 32.2 Å². The SMILES string of the molecule is C=CCOC(=O)N1c2cc(OCc3cc(O)cc(COc4cc5c(cc4OC)C(=O)N4CC6(CC6)C[C@H]4[C@H](O[Si](C)(C)C(C)(C)C)N5C(=O)OCC=C)c3)c(OC)cc2C(=O)N2CC3(CC3)C[C@H]2C1O[Si](C)(C)C(C)(C)C. The number of nitrogens with zero attached hydrogens (tertiary/aromatic N) is 4. The van der Waals surface area contributed by atoms with Crippen molar-refractivity contribution in [2.45, 2.75) is 154 Å². The maximum Gasteiger partial charge on any atom is 0.416 e. The Hall–Kier alpha value is -6.03. The molecule has 2 saturated heterocycles. The van der Waals surface area contributed by atoms with Crippen LogP contribution in [0.3, 0.4) is 0 Å². The number of amides is 4. The van der Waals surface area contributed by atoms with Gasteiger partial charge in [-0.25, -0.2) is 19.4 Å². The highest BCUT2D eigenvalue weighted by Crippen LogP contribution is 2.59. The highest BCUT2D eigenvalue weighted by molar-refractivity contribution is 6.74. The number of hydrogen-bond acceptors (Lipinski definition) is 13. The zero-order valence-corrected chi connectivity index (χ0v) is 49.0. The van der Waals surface area contributed by atoms with E-state index < -0.39 is 53.4 Å². The number of fused-ring (bicyclic) bond motifs is 4. The molecule has 416 valence electrons. The molecular weight excluding hydrogens is 1020 g/mol. The zero-order chi connectivity index (χ0) is 55.8. The van der Waals surface area contributed by atoms with Crippen molar-refractivity contribution in [3.05, 3.63) is 90.0 Å². The van der Waals surface area contributed by atoms with Gasteiger partial charge in [0.2, 0.25) is 0 Å². The first-order valence-electron chi connectivity index (χ1n) is 26.8. The summed E-state index contributed by atoms with van der Waals surface area (Å²) in [5.74, 6) is 0.472. The van der Waals surface area contributed by atoms with Crippen molar-refractivity contribution in [2.24, 2.45) is 10.8 Å². The van der Waals surface area contributed by atoms with Gasteiger partial charge >= 0.3 is 12.2 Å². The minimum atomic E-state index is -2.59. The standard InChI is InChI=1S/C58H78N4O13Si2/c1-15-21-70-53(66)61-41-28-47(45(68-9)26-39(41)49(64)59-34-57(17-18-57)30-43(59)51(61)74-76(11,12)55(3,4)5)72-32-36-23-37(25-38(63)24-36)33-73-48-29-42-40(27-46(48)69-10)50(65)60-35-58(19-20-58)31-44(60)52(62(42)54(67)71-22-16-2)75-77(13,14)56(6,7)8/h15-16,23-29,43-44,51-52,63H,1-2,17-22,30-35H2,3-14H3/t43-,44-,51-,52?/m0/s1. The lowest BCUT2D eigenvalue weighted by Crippen LogP contribution is -2.58. The fourth-order valence-corrected chi connectivity index (χ4v) is 13.2. The number of aromatic hydroxyl groups is 1. The Bertz CT molecular complexity index is 2660. The van der Waals surface area contributed by atoms with E-state index in [2.05, 4.69) is 80.9 Å². The first kappa shape index (κ1) is 55.7. The summed E-state index contributed by atoms with van der Waals surface area (Å²) in [6.07, 6.45) is 5.30. The van der Waals surface area contributed by atoms with Gasteiger partial charge in [0.15, 0.2) is 52.1 Å². The summed E-state index contributed by atoms with van der Waals surface area (Å²) in [6, 6.07) is 10.6. The smallest absolute Gasteiger partial charge is 0.416 e. The van der Waals surface area contributed by atoms with E-state index in [9.17, 15) is 24.3 Å². The monoisotopic (exact) mass is 1090 g/mol. The highest BCUT2D eigenvalue weighted by atomic mass is 28.4. The molecule has 2 spiro atoms. The van der Waals surface area contributed by atoms with Crippen molar-refractivity contribution in [1.82, 2.24) is 9.80 Å². The Morgan fingerprint density at radius 3 is 1.32 bits per heavy atom. The van der Waals surface area contributed by atoms with Crippen LogP contribution in [0.25, 0.3) is 0 Å². The minimum absolute atomic E-state index is 0.0163. The van der Waals surface area contributed by atoms with Crippen LogP contribution in [0.4, 0.5) is 21.0 Å². The number of phenols is 1. The van der Waals surface area contributed by atoms with Crippen LogP contribution < -0.4 is 28.7 Å². The van der Waals surface area contributed by atoms with Crippen LogP contribution in [-0.2, 0) is 31.5 Å². The maximum absolute atomic E-state index is 14.8. The second-order valence-corrected chi connectivity index (χ2v) is 34.6. The molecule has 3 aromatic rings. The second kappa shape index (κ2) is 20.3. The molecule has 0 radical (unpaired) electrons.